The number of benzene rings is 1. The van der Waals surface area contributed by atoms with E-state index in [1.807, 2.05) is 6.92 Å². The fourth-order valence-corrected chi connectivity index (χ4v) is 1.41. The molecule has 0 aliphatic rings. The fraction of sp³-hybridized carbons (Fsp3) is 0.364. The highest BCUT2D eigenvalue weighted by Gasteiger charge is 2.22. The van der Waals surface area contributed by atoms with Crippen LogP contribution in [-0.4, -0.2) is 11.1 Å². The van der Waals surface area contributed by atoms with E-state index in [9.17, 15) is 18.0 Å². The maximum Gasteiger partial charge on any atom is 0.341 e. The predicted molar refractivity (Wildman–Crippen MR) is 51.9 cm³/mol. The fourth-order valence-electron chi connectivity index (χ4n) is 1.41. The monoisotopic (exact) mass is 232 g/mol. The Morgan fingerprint density at radius 1 is 1.31 bits per heavy atom. The molecule has 1 aromatic carbocycles. The van der Waals surface area contributed by atoms with Gasteiger partial charge in [-0.1, -0.05) is 13.3 Å². The van der Waals surface area contributed by atoms with Gasteiger partial charge in [-0.3, -0.25) is 0 Å². The summed E-state index contributed by atoms with van der Waals surface area (Å²) in [7, 11) is 0. The molecule has 5 heteroatoms. The largest absolute Gasteiger partial charge is 0.477 e. The second-order valence-corrected chi connectivity index (χ2v) is 3.42. The topological polar surface area (TPSA) is 37.3 Å². The van der Waals surface area contributed by atoms with Crippen LogP contribution >= 0.6 is 0 Å². The van der Waals surface area contributed by atoms with Gasteiger partial charge in [-0.05, 0) is 12.8 Å². The van der Waals surface area contributed by atoms with Crippen molar-refractivity contribution in [1.29, 1.82) is 0 Å². The lowest BCUT2D eigenvalue weighted by molar-refractivity contribution is 0.0686. The van der Waals surface area contributed by atoms with Gasteiger partial charge in [-0.25, -0.2) is 18.0 Å². The molecule has 0 saturated heterocycles. The Morgan fingerprint density at radius 3 is 2.44 bits per heavy atom. The van der Waals surface area contributed by atoms with Gasteiger partial charge in [-0.2, -0.15) is 0 Å². The van der Waals surface area contributed by atoms with Gasteiger partial charge in [0.05, 0.1) is 0 Å². The minimum Gasteiger partial charge on any atom is -0.477 e. The van der Waals surface area contributed by atoms with E-state index >= 15 is 0 Å². The molecule has 0 atom stereocenters. The Labute approximate surface area is 90.7 Å². The molecule has 0 aliphatic heterocycles. The zero-order valence-electron chi connectivity index (χ0n) is 8.69. The lowest BCUT2D eigenvalue weighted by atomic mass is 10.0. The summed E-state index contributed by atoms with van der Waals surface area (Å²) in [5, 5.41) is 8.58. The highest BCUT2D eigenvalue weighted by Crippen LogP contribution is 2.22. The first-order valence-corrected chi connectivity index (χ1v) is 4.88. The maximum absolute atomic E-state index is 13.5. The second kappa shape index (κ2) is 5.01. The van der Waals surface area contributed by atoms with Crippen LogP contribution in [0, 0.1) is 17.5 Å². The van der Waals surface area contributed by atoms with Crippen LogP contribution in [0.15, 0.2) is 6.07 Å². The normalized spacial score (nSPS) is 10.5. The van der Waals surface area contributed by atoms with Crippen LogP contribution in [-0.2, 0) is 6.42 Å². The summed E-state index contributed by atoms with van der Waals surface area (Å²) in [6.07, 6.45) is 1.28. The van der Waals surface area contributed by atoms with Gasteiger partial charge in [-0.15, -0.1) is 0 Å². The van der Waals surface area contributed by atoms with Crippen molar-refractivity contribution in [3.05, 3.63) is 34.6 Å². The lowest BCUT2D eigenvalue weighted by Crippen LogP contribution is -2.09. The molecule has 16 heavy (non-hydrogen) atoms. The molecule has 0 unspecified atom stereocenters. The van der Waals surface area contributed by atoms with Crippen LogP contribution in [0.5, 0.6) is 0 Å². The highest BCUT2D eigenvalue weighted by molar-refractivity contribution is 5.88. The minimum absolute atomic E-state index is 0.0642. The molecular weight excluding hydrogens is 221 g/mol. The van der Waals surface area contributed by atoms with Crippen LogP contribution in [0.4, 0.5) is 13.2 Å². The predicted octanol–water partition coefficient (Wildman–Crippen LogP) is 3.14. The molecule has 0 heterocycles. The zero-order chi connectivity index (χ0) is 12.3. The van der Waals surface area contributed by atoms with Gasteiger partial charge in [0.1, 0.15) is 23.0 Å². The van der Waals surface area contributed by atoms with Crippen molar-refractivity contribution >= 4 is 5.97 Å². The maximum atomic E-state index is 13.5. The second-order valence-electron chi connectivity index (χ2n) is 3.42. The summed E-state index contributed by atoms with van der Waals surface area (Å²) in [5.74, 6) is -5.46. The molecule has 0 spiro atoms. The Balaban J connectivity index is 3.27. The van der Waals surface area contributed by atoms with Crippen LogP contribution in [0.25, 0.3) is 0 Å². The van der Waals surface area contributed by atoms with E-state index < -0.39 is 29.0 Å². The van der Waals surface area contributed by atoms with E-state index in [2.05, 4.69) is 0 Å². The first-order chi connectivity index (χ1) is 7.49. The number of halogens is 3. The first kappa shape index (κ1) is 12.5. The molecular formula is C11H11F3O2. The molecule has 0 aliphatic carbocycles. The molecule has 88 valence electrons. The first-order valence-electron chi connectivity index (χ1n) is 4.88. The van der Waals surface area contributed by atoms with E-state index in [1.54, 1.807) is 0 Å². The Kier molecular flexibility index (Phi) is 3.93. The van der Waals surface area contributed by atoms with Crippen molar-refractivity contribution < 1.29 is 23.1 Å². The molecule has 1 rings (SSSR count). The van der Waals surface area contributed by atoms with E-state index in [0.717, 1.165) is 0 Å². The number of carboxylic acid groups (broad SMARTS) is 1. The van der Waals surface area contributed by atoms with Crippen molar-refractivity contribution in [2.75, 3.05) is 0 Å². The summed E-state index contributed by atoms with van der Waals surface area (Å²) in [6.45, 7) is 1.83. The number of hydrogen-bond acceptors (Lipinski definition) is 1. The number of unbranched alkanes of at least 4 members (excludes halogenated alkanes) is 1. The number of rotatable bonds is 4. The standard InChI is InChI=1S/C11H11F3O2/c1-2-3-4-6-7(12)5-8(13)9(10(6)14)11(15)16/h5H,2-4H2,1H3,(H,15,16). The molecule has 0 aromatic heterocycles. The van der Waals surface area contributed by atoms with Crippen molar-refractivity contribution in [2.45, 2.75) is 26.2 Å². The number of aromatic carboxylic acids is 1. The Hall–Kier alpha value is -1.52. The average Bonchev–Trinajstić information content (AvgIpc) is 2.16. The summed E-state index contributed by atoms with van der Waals surface area (Å²) in [4.78, 5) is 10.6. The highest BCUT2D eigenvalue weighted by atomic mass is 19.1. The SMILES string of the molecule is CCCCc1c(F)cc(F)c(C(=O)O)c1F. The van der Waals surface area contributed by atoms with E-state index in [1.165, 1.54) is 0 Å². The van der Waals surface area contributed by atoms with Crippen LogP contribution in [0.1, 0.15) is 35.7 Å². The van der Waals surface area contributed by atoms with Crippen molar-refractivity contribution in [3.63, 3.8) is 0 Å². The summed E-state index contributed by atoms with van der Waals surface area (Å²) in [6, 6.07) is 0.414. The number of hydrogen-bond donors (Lipinski definition) is 1. The molecule has 0 saturated carbocycles. The molecule has 0 bridgehead atoms. The summed E-state index contributed by atoms with van der Waals surface area (Å²) >= 11 is 0. The number of carboxylic acids is 1. The van der Waals surface area contributed by atoms with Gasteiger partial charge in [0.15, 0.2) is 0 Å². The smallest absolute Gasteiger partial charge is 0.341 e. The van der Waals surface area contributed by atoms with E-state index in [0.29, 0.717) is 18.9 Å². The van der Waals surface area contributed by atoms with Crippen molar-refractivity contribution in [3.8, 4) is 0 Å². The lowest BCUT2D eigenvalue weighted by Gasteiger charge is -2.07. The molecule has 0 amide bonds. The zero-order valence-corrected chi connectivity index (χ0v) is 8.69. The van der Waals surface area contributed by atoms with Gasteiger partial charge in [0.25, 0.3) is 0 Å². The third-order valence-corrected chi connectivity index (χ3v) is 2.26. The molecule has 1 N–H and O–H groups in total. The van der Waals surface area contributed by atoms with Gasteiger partial charge in [0.2, 0.25) is 0 Å². The molecule has 1 aromatic rings. The van der Waals surface area contributed by atoms with Crippen molar-refractivity contribution in [1.82, 2.24) is 0 Å². The average molecular weight is 232 g/mol. The molecule has 0 radical (unpaired) electrons. The van der Waals surface area contributed by atoms with Crippen LogP contribution in [0.3, 0.4) is 0 Å². The van der Waals surface area contributed by atoms with Crippen LogP contribution in [0.2, 0.25) is 0 Å². The van der Waals surface area contributed by atoms with E-state index in [4.69, 9.17) is 5.11 Å². The third kappa shape index (κ3) is 2.35. The van der Waals surface area contributed by atoms with Gasteiger partial charge in [0, 0.05) is 11.6 Å². The van der Waals surface area contributed by atoms with Crippen molar-refractivity contribution in [2.24, 2.45) is 0 Å². The van der Waals surface area contributed by atoms with Gasteiger partial charge >= 0.3 is 5.97 Å². The molecule has 0 fully saturated rings. The Bertz CT molecular complexity index is 416. The minimum atomic E-state index is -1.73. The summed E-state index contributed by atoms with van der Waals surface area (Å²) in [5.41, 5.74) is -1.45. The van der Waals surface area contributed by atoms with Gasteiger partial charge < -0.3 is 5.11 Å². The quantitative estimate of drug-likeness (QED) is 0.865. The third-order valence-electron chi connectivity index (χ3n) is 2.26. The summed E-state index contributed by atoms with van der Waals surface area (Å²) < 4.78 is 39.7. The number of carbonyl (C=O) groups is 1. The Morgan fingerprint density at radius 2 is 1.94 bits per heavy atom. The van der Waals surface area contributed by atoms with Crippen LogP contribution < -0.4 is 0 Å². The van der Waals surface area contributed by atoms with E-state index in [-0.39, 0.29) is 12.0 Å². The molecule has 2 nitrogen and oxygen atoms in total.